The summed E-state index contributed by atoms with van der Waals surface area (Å²) in [6.45, 7) is 13.7. The fourth-order valence-corrected chi connectivity index (χ4v) is 1.71. The molecule has 0 heterocycles. The maximum absolute atomic E-state index is 3.56. The van der Waals surface area contributed by atoms with Crippen LogP contribution >= 0.6 is 0 Å². The van der Waals surface area contributed by atoms with Gasteiger partial charge in [-0.2, -0.15) is 0 Å². The smallest absolute Gasteiger partial charge is 0.0215 e. The second-order valence-electron chi connectivity index (χ2n) is 4.94. The number of nitrogens with one attached hydrogen (secondary N) is 1. The van der Waals surface area contributed by atoms with Crippen LogP contribution in [0.3, 0.4) is 0 Å². The van der Waals surface area contributed by atoms with E-state index in [4.69, 9.17) is 0 Å². The van der Waals surface area contributed by atoms with E-state index in [9.17, 15) is 0 Å². The van der Waals surface area contributed by atoms with Gasteiger partial charge in [-0.3, -0.25) is 0 Å². The van der Waals surface area contributed by atoms with Crippen LogP contribution in [-0.4, -0.2) is 37.1 Å². The maximum Gasteiger partial charge on any atom is 0.0215 e. The minimum absolute atomic E-state index is 0.582. The van der Waals surface area contributed by atoms with Crippen molar-refractivity contribution >= 4 is 0 Å². The van der Waals surface area contributed by atoms with Crippen LogP contribution < -0.4 is 5.32 Å². The molecule has 0 aliphatic heterocycles. The zero-order valence-electron chi connectivity index (χ0n) is 11.5. The van der Waals surface area contributed by atoms with Crippen molar-refractivity contribution in [1.82, 2.24) is 10.2 Å². The van der Waals surface area contributed by atoms with E-state index in [0.29, 0.717) is 12.1 Å². The average Bonchev–Trinajstić information content (AvgIpc) is 2.24. The fraction of sp³-hybridized carbons (Fsp3) is 1.00. The van der Waals surface area contributed by atoms with Crippen molar-refractivity contribution in [3.05, 3.63) is 0 Å². The standard InChI is InChI=1S/C13H30N2/c1-7-9-14-12(4)13(5)15(6)10-11(3)8-2/h11-14H,7-10H2,1-6H3. The molecule has 92 valence electrons. The molecular weight excluding hydrogens is 184 g/mol. The van der Waals surface area contributed by atoms with E-state index >= 15 is 0 Å². The predicted octanol–water partition coefficient (Wildman–Crippen LogP) is 2.74. The molecule has 0 amide bonds. The zero-order chi connectivity index (χ0) is 11.8. The van der Waals surface area contributed by atoms with E-state index in [2.05, 4.69) is 51.9 Å². The van der Waals surface area contributed by atoms with Gasteiger partial charge in [0.05, 0.1) is 0 Å². The second-order valence-corrected chi connectivity index (χ2v) is 4.94. The summed E-state index contributed by atoms with van der Waals surface area (Å²) in [5.74, 6) is 0.802. The highest BCUT2D eigenvalue weighted by Crippen LogP contribution is 2.08. The van der Waals surface area contributed by atoms with Crippen LogP contribution in [0.2, 0.25) is 0 Å². The molecule has 3 atom stereocenters. The predicted molar refractivity (Wildman–Crippen MR) is 69.3 cm³/mol. The average molecular weight is 214 g/mol. The Labute approximate surface area is 96.4 Å². The quantitative estimate of drug-likeness (QED) is 0.668. The van der Waals surface area contributed by atoms with Crippen molar-refractivity contribution in [2.75, 3.05) is 20.1 Å². The van der Waals surface area contributed by atoms with Crippen LogP contribution in [0.4, 0.5) is 0 Å². The first-order chi connectivity index (χ1) is 7.02. The summed E-state index contributed by atoms with van der Waals surface area (Å²) in [6.07, 6.45) is 2.49. The molecule has 1 N–H and O–H groups in total. The molecule has 0 aromatic heterocycles. The normalized spacial score (nSPS) is 17.8. The molecule has 0 rings (SSSR count). The summed E-state index contributed by atoms with van der Waals surface area (Å²) in [4.78, 5) is 2.47. The van der Waals surface area contributed by atoms with Gasteiger partial charge in [0.2, 0.25) is 0 Å². The van der Waals surface area contributed by atoms with Gasteiger partial charge < -0.3 is 10.2 Å². The Morgan fingerprint density at radius 3 is 2.20 bits per heavy atom. The number of nitrogens with zero attached hydrogens (tertiary/aromatic N) is 1. The van der Waals surface area contributed by atoms with Gasteiger partial charge in [-0.05, 0) is 39.8 Å². The molecule has 0 aromatic carbocycles. The number of hydrogen-bond acceptors (Lipinski definition) is 2. The monoisotopic (exact) mass is 214 g/mol. The van der Waals surface area contributed by atoms with E-state index < -0.39 is 0 Å². The Hall–Kier alpha value is -0.0800. The van der Waals surface area contributed by atoms with Gasteiger partial charge in [0, 0.05) is 18.6 Å². The van der Waals surface area contributed by atoms with Crippen LogP contribution in [0, 0.1) is 5.92 Å². The summed E-state index contributed by atoms with van der Waals surface area (Å²) < 4.78 is 0. The molecule has 3 unspecified atom stereocenters. The van der Waals surface area contributed by atoms with E-state index in [1.165, 1.54) is 19.4 Å². The summed E-state index contributed by atoms with van der Waals surface area (Å²) >= 11 is 0. The van der Waals surface area contributed by atoms with Crippen LogP contribution in [0.15, 0.2) is 0 Å². The van der Waals surface area contributed by atoms with Crippen LogP contribution in [0.1, 0.15) is 47.5 Å². The van der Waals surface area contributed by atoms with Crippen molar-refractivity contribution in [2.24, 2.45) is 5.92 Å². The lowest BCUT2D eigenvalue weighted by Crippen LogP contribution is -2.46. The van der Waals surface area contributed by atoms with E-state index in [-0.39, 0.29) is 0 Å². The molecule has 0 saturated carbocycles. The van der Waals surface area contributed by atoms with Crippen molar-refractivity contribution in [1.29, 1.82) is 0 Å². The Kier molecular flexibility index (Phi) is 8.07. The van der Waals surface area contributed by atoms with Crippen molar-refractivity contribution in [3.8, 4) is 0 Å². The van der Waals surface area contributed by atoms with E-state index in [1.54, 1.807) is 0 Å². The van der Waals surface area contributed by atoms with Crippen LogP contribution in [0.25, 0.3) is 0 Å². The molecule has 0 aliphatic carbocycles. The van der Waals surface area contributed by atoms with Crippen LogP contribution in [0.5, 0.6) is 0 Å². The number of hydrogen-bond donors (Lipinski definition) is 1. The second kappa shape index (κ2) is 8.12. The van der Waals surface area contributed by atoms with Gasteiger partial charge in [0.15, 0.2) is 0 Å². The molecule has 0 bridgehead atoms. The van der Waals surface area contributed by atoms with Gasteiger partial charge in [0.1, 0.15) is 0 Å². The Bertz CT molecular complexity index is 147. The highest BCUT2D eigenvalue weighted by Gasteiger charge is 2.17. The third-order valence-corrected chi connectivity index (χ3v) is 3.43. The summed E-state index contributed by atoms with van der Waals surface area (Å²) in [7, 11) is 2.24. The van der Waals surface area contributed by atoms with Crippen molar-refractivity contribution < 1.29 is 0 Å². The minimum Gasteiger partial charge on any atom is -0.313 e. The molecule has 0 aromatic rings. The lowest BCUT2D eigenvalue weighted by Gasteiger charge is -2.32. The van der Waals surface area contributed by atoms with E-state index in [1.807, 2.05) is 0 Å². The largest absolute Gasteiger partial charge is 0.313 e. The lowest BCUT2D eigenvalue weighted by atomic mass is 10.1. The maximum atomic E-state index is 3.56. The Morgan fingerprint density at radius 2 is 1.73 bits per heavy atom. The number of likely N-dealkylation sites (N-methyl/N-ethyl adjacent to an activating group) is 1. The van der Waals surface area contributed by atoms with E-state index in [0.717, 1.165) is 12.5 Å². The van der Waals surface area contributed by atoms with Crippen molar-refractivity contribution in [2.45, 2.75) is 59.5 Å². The fourth-order valence-electron chi connectivity index (χ4n) is 1.71. The topological polar surface area (TPSA) is 15.3 Å². The van der Waals surface area contributed by atoms with Gasteiger partial charge in [-0.15, -0.1) is 0 Å². The number of rotatable bonds is 8. The molecule has 15 heavy (non-hydrogen) atoms. The van der Waals surface area contributed by atoms with Crippen molar-refractivity contribution in [3.63, 3.8) is 0 Å². The highest BCUT2D eigenvalue weighted by atomic mass is 15.2. The summed E-state index contributed by atoms with van der Waals surface area (Å²) in [5.41, 5.74) is 0. The molecular formula is C13H30N2. The molecule has 2 heteroatoms. The molecule has 0 fully saturated rings. The summed E-state index contributed by atoms with van der Waals surface area (Å²) in [5, 5.41) is 3.56. The third kappa shape index (κ3) is 6.16. The first-order valence-corrected chi connectivity index (χ1v) is 6.46. The van der Waals surface area contributed by atoms with Gasteiger partial charge in [-0.25, -0.2) is 0 Å². The Balaban J connectivity index is 3.89. The molecule has 0 saturated heterocycles. The first-order valence-electron chi connectivity index (χ1n) is 6.46. The van der Waals surface area contributed by atoms with Gasteiger partial charge in [0.25, 0.3) is 0 Å². The molecule has 0 spiro atoms. The van der Waals surface area contributed by atoms with Gasteiger partial charge in [-0.1, -0.05) is 27.2 Å². The zero-order valence-corrected chi connectivity index (χ0v) is 11.5. The Morgan fingerprint density at radius 1 is 1.13 bits per heavy atom. The molecule has 0 radical (unpaired) electrons. The highest BCUT2D eigenvalue weighted by molar-refractivity contribution is 4.76. The minimum atomic E-state index is 0.582. The first kappa shape index (κ1) is 14.9. The molecule has 0 aliphatic rings. The SMILES string of the molecule is CCCNC(C)C(C)N(C)CC(C)CC. The van der Waals surface area contributed by atoms with Gasteiger partial charge >= 0.3 is 0 Å². The molecule has 2 nitrogen and oxygen atoms in total. The summed E-state index contributed by atoms with van der Waals surface area (Å²) in [6, 6.07) is 1.20. The lowest BCUT2D eigenvalue weighted by molar-refractivity contribution is 0.187. The van der Waals surface area contributed by atoms with Crippen LogP contribution in [-0.2, 0) is 0 Å². The third-order valence-electron chi connectivity index (χ3n) is 3.43.